The van der Waals surface area contributed by atoms with Gasteiger partial charge in [0.1, 0.15) is 10.3 Å². The van der Waals surface area contributed by atoms with Crippen LogP contribution in [-0.2, 0) is 5.41 Å². The molecule has 0 radical (unpaired) electrons. The third kappa shape index (κ3) is 3.24. The molecule has 45 heavy (non-hydrogen) atoms. The highest BCUT2D eigenvalue weighted by molar-refractivity contribution is 7.25. The maximum absolute atomic E-state index is 5.48. The zero-order chi connectivity index (χ0) is 29.3. The Kier molecular flexibility index (Phi) is 4.92. The summed E-state index contributed by atoms with van der Waals surface area (Å²) in [6.07, 6.45) is 7.05. The standard InChI is InChI=1S/C42H32N2S/c1-2-9-27(10-3-1)38-39(43-40-32-12-6-7-13-36(32)45-41(40)44-38)28-15-16-34-33(23-28)37-31-11-5-4-8-26(31)14-17-35(37)42(34)29-19-24-18-25(21-29)22-30(42)20-24/h1-17,23-25,29-30H,18-22H2. The molecule has 216 valence electrons. The molecule has 3 heteroatoms. The fraction of sp³-hybridized carbons (Fsp3) is 0.238. The fourth-order valence-corrected chi connectivity index (χ4v) is 11.7. The molecule has 0 atom stereocenters. The lowest BCUT2D eigenvalue weighted by Crippen LogP contribution is -2.55. The molecule has 0 unspecified atom stereocenters. The van der Waals surface area contributed by atoms with Crippen LogP contribution in [0.15, 0.2) is 109 Å². The van der Waals surface area contributed by atoms with Crippen LogP contribution >= 0.6 is 11.3 Å². The van der Waals surface area contributed by atoms with Gasteiger partial charge in [0, 0.05) is 26.6 Å². The first-order chi connectivity index (χ1) is 22.3. The van der Waals surface area contributed by atoms with E-state index in [1.165, 1.54) is 64.1 Å². The normalized spacial score (nSPS) is 25.9. The molecule has 2 aromatic heterocycles. The molecule has 5 aromatic carbocycles. The Morgan fingerprint density at radius 1 is 0.578 bits per heavy atom. The first kappa shape index (κ1) is 24.9. The molecule has 7 aromatic rings. The van der Waals surface area contributed by atoms with Crippen LogP contribution in [0.3, 0.4) is 0 Å². The first-order valence-electron chi connectivity index (χ1n) is 16.7. The third-order valence-electron chi connectivity index (χ3n) is 12.1. The Hall–Kier alpha value is -4.34. The molecule has 0 N–H and O–H groups in total. The van der Waals surface area contributed by atoms with Gasteiger partial charge < -0.3 is 0 Å². The number of hydrogen-bond acceptors (Lipinski definition) is 3. The van der Waals surface area contributed by atoms with Crippen molar-refractivity contribution >= 4 is 42.5 Å². The van der Waals surface area contributed by atoms with Crippen molar-refractivity contribution < 1.29 is 0 Å². The summed E-state index contributed by atoms with van der Waals surface area (Å²) in [4.78, 5) is 11.8. The van der Waals surface area contributed by atoms with E-state index in [1.807, 2.05) is 0 Å². The van der Waals surface area contributed by atoms with Crippen LogP contribution in [0.1, 0.15) is 43.2 Å². The SMILES string of the molecule is c1ccc(-c2nc3sc4ccccc4c3nc2-c2ccc3c(c2)-c2c(ccc4ccccc24)C32C3CC4CC(C3)CC2C4)cc1. The Morgan fingerprint density at radius 2 is 1.27 bits per heavy atom. The maximum atomic E-state index is 5.48. The average Bonchev–Trinajstić information content (AvgIpc) is 3.60. The molecule has 5 aliphatic rings. The van der Waals surface area contributed by atoms with Crippen LogP contribution in [0.2, 0.25) is 0 Å². The van der Waals surface area contributed by atoms with E-state index in [0.29, 0.717) is 0 Å². The monoisotopic (exact) mass is 596 g/mol. The van der Waals surface area contributed by atoms with E-state index in [2.05, 4.69) is 109 Å². The molecule has 0 aliphatic heterocycles. The second-order valence-corrected chi connectivity index (χ2v) is 15.2. The van der Waals surface area contributed by atoms with Gasteiger partial charge >= 0.3 is 0 Å². The molecule has 4 bridgehead atoms. The maximum Gasteiger partial charge on any atom is 0.143 e. The van der Waals surface area contributed by atoms with E-state index in [0.717, 1.165) is 56.5 Å². The molecule has 1 spiro atoms. The van der Waals surface area contributed by atoms with Crippen LogP contribution in [0.4, 0.5) is 0 Å². The van der Waals surface area contributed by atoms with Crippen molar-refractivity contribution in [2.75, 3.05) is 0 Å². The lowest BCUT2D eigenvalue weighted by atomic mass is 9.43. The van der Waals surface area contributed by atoms with Crippen LogP contribution in [0, 0.1) is 23.7 Å². The summed E-state index contributed by atoms with van der Waals surface area (Å²) in [5.41, 5.74) is 11.5. The third-order valence-corrected chi connectivity index (χ3v) is 13.1. The Morgan fingerprint density at radius 3 is 2.09 bits per heavy atom. The quantitative estimate of drug-likeness (QED) is 0.198. The van der Waals surface area contributed by atoms with Crippen molar-refractivity contribution in [2.24, 2.45) is 23.7 Å². The Labute approximate surface area is 266 Å². The van der Waals surface area contributed by atoms with E-state index in [-0.39, 0.29) is 5.41 Å². The summed E-state index contributed by atoms with van der Waals surface area (Å²) in [6, 6.07) is 40.6. The minimum Gasteiger partial charge on any atom is -0.242 e. The fourth-order valence-electron chi connectivity index (χ4n) is 10.6. The minimum absolute atomic E-state index is 0.141. The van der Waals surface area contributed by atoms with Crippen molar-refractivity contribution in [3.8, 4) is 33.6 Å². The van der Waals surface area contributed by atoms with Crippen molar-refractivity contribution in [1.29, 1.82) is 0 Å². The van der Waals surface area contributed by atoms with Crippen molar-refractivity contribution in [3.63, 3.8) is 0 Å². The van der Waals surface area contributed by atoms with E-state index in [9.17, 15) is 0 Å². The van der Waals surface area contributed by atoms with E-state index >= 15 is 0 Å². The molecule has 12 rings (SSSR count). The van der Waals surface area contributed by atoms with Crippen LogP contribution < -0.4 is 0 Å². The Balaban J connectivity index is 1.21. The van der Waals surface area contributed by atoms with Crippen LogP contribution in [0.25, 0.3) is 64.8 Å². The van der Waals surface area contributed by atoms with Gasteiger partial charge in [-0.1, -0.05) is 97.1 Å². The number of hydrogen-bond donors (Lipinski definition) is 0. The van der Waals surface area contributed by atoms with Gasteiger partial charge in [0.2, 0.25) is 0 Å². The van der Waals surface area contributed by atoms with Gasteiger partial charge in [-0.2, -0.15) is 0 Å². The van der Waals surface area contributed by atoms with E-state index < -0.39 is 0 Å². The van der Waals surface area contributed by atoms with Gasteiger partial charge in [-0.3, -0.25) is 0 Å². The number of nitrogens with zero attached hydrogens (tertiary/aromatic N) is 2. The number of benzene rings is 5. The van der Waals surface area contributed by atoms with Gasteiger partial charge in [0.15, 0.2) is 0 Å². The molecule has 0 amide bonds. The minimum atomic E-state index is 0.141. The zero-order valence-electron chi connectivity index (χ0n) is 25.0. The number of fused-ring (bicyclic) bond motifs is 8. The summed E-state index contributed by atoms with van der Waals surface area (Å²) >= 11 is 1.74. The predicted molar refractivity (Wildman–Crippen MR) is 187 cm³/mol. The molecular formula is C42H32N2S. The summed E-state index contributed by atoms with van der Waals surface area (Å²) in [6.45, 7) is 0. The topological polar surface area (TPSA) is 25.8 Å². The van der Waals surface area contributed by atoms with Gasteiger partial charge in [-0.05, 0) is 101 Å². The molecule has 0 saturated heterocycles. The molecule has 2 heterocycles. The second-order valence-electron chi connectivity index (χ2n) is 14.2. The highest BCUT2D eigenvalue weighted by Crippen LogP contribution is 2.70. The lowest BCUT2D eigenvalue weighted by molar-refractivity contribution is -0.0399. The Bertz CT molecular complexity index is 2320. The first-order valence-corrected chi connectivity index (χ1v) is 17.5. The van der Waals surface area contributed by atoms with Crippen molar-refractivity contribution in [1.82, 2.24) is 9.97 Å². The van der Waals surface area contributed by atoms with Crippen molar-refractivity contribution in [2.45, 2.75) is 37.5 Å². The van der Waals surface area contributed by atoms with Gasteiger partial charge in [-0.25, -0.2) is 9.97 Å². The largest absolute Gasteiger partial charge is 0.242 e. The summed E-state index contributed by atoms with van der Waals surface area (Å²) in [5.74, 6) is 3.35. The molecule has 5 aliphatic carbocycles. The van der Waals surface area contributed by atoms with Crippen molar-refractivity contribution in [3.05, 3.63) is 120 Å². The number of rotatable bonds is 2. The molecule has 2 nitrogen and oxygen atoms in total. The molecular weight excluding hydrogens is 565 g/mol. The summed E-state index contributed by atoms with van der Waals surface area (Å²) in [5, 5.41) is 3.92. The molecule has 4 fully saturated rings. The van der Waals surface area contributed by atoms with Crippen LogP contribution in [-0.4, -0.2) is 9.97 Å². The smallest absolute Gasteiger partial charge is 0.143 e. The number of aromatic nitrogens is 2. The van der Waals surface area contributed by atoms with E-state index in [4.69, 9.17) is 9.97 Å². The highest BCUT2D eigenvalue weighted by atomic mass is 32.1. The second kappa shape index (κ2) is 8.89. The van der Waals surface area contributed by atoms with Gasteiger partial charge in [0.05, 0.1) is 11.4 Å². The van der Waals surface area contributed by atoms with E-state index in [1.54, 1.807) is 22.5 Å². The summed E-state index contributed by atoms with van der Waals surface area (Å²) < 4.78 is 1.24. The summed E-state index contributed by atoms with van der Waals surface area (Å²) in [7, 11) is 0. The average molecular weight is 597 g/mol. The zero-order valence-corrected chi connectivity index (χ0v) is 25.9. The predicted octanol–water partition coefficient (Wildman–Crippen LogP) is 11.1. The lowest BCUT2D eigenvalue weighted by Gasteiger charge is -2.61. The highest BCUT2D eigenvalue weighted by Gasteiger charge is 2.61. The van der Waals surface area contributed by atoms with Crippen LogP contribution in [0.5, 0.6) is 0 Å². The number of thiophene rings is 1. The van der Waals surface area contributed by atoms with Gasteiger partial charge in [0.25, 0.3) is 0 Å². The molecule has 4 saturated carbocycles. The van der Waals surface area contributed by atoms with Gasteiger partial charge in [-0.15, -0.1) is 11.3 Å².